The number of hydrogen-bond acceptors (Lipinski definition) is 7. The number of allylic oxidation sites excluding steroid dienone is 6. The van der Waals surface area contributed by atoms with Crippen molar-refractivity contribution in [3.63, 3.8) is 0 Å². The van der Waals surface area contributed by atoms with Crippen LogP contribution in [0.3, 0.4) is 0 Å². The van der Waals surface area contributed by atoms with E-state index in [0.29, 0.717) is 13.2 Å². The smallest absolute Gasteiger partial charge is 0.262 e. The summed E-state index contributed by atoms with van der Waals surface area (Å²) in [6, 6.07) is 13.1. The molecule has 0 radical (unpaired) electrons. The van der Waals surface area contributed by atoms with E-state index in [9.17, 15) is 0 Å². The Kier molecular flexibility index (Phi) is 11.0. The zero-order valence-corrected chi connectivity index (χ0v) is 28.0. The number of thioether (sulfide) groups is 3. The maximum absolute atomic E-state index is 7.07. The second-order valence-electron chi connectivity index (χ2n) is 9.67. The summed E-state index contributed by atoms with van der Waals surface area (Å²) in [5.41, 5.74) is 4.98. The van der Waals surface area contributed by atoms with Crippen LogP contribution in [0.4, 0.5) is 5.69 Å². The van der Waals surface area contributed by atoms with E-state index in [-0.39, 0.29) is 0 Å². The standard InChI is InChI=1S/C32H36ClN2O2S4/c1-36-20-18-34-28(40-26-12-6-10-24(38-3)31(26)34)16-14-22-8-5-9-23(30(22)33)15-17-29-35(19-21-37-2)32-25(39-4)11-7-13-27(32)41-29/h6-7,10-17H,5,8-9,18-21H2,1-4H3/q+1. The molecule has 0 amide bonds. The summed E-state index contributed by atoms with van der Waals surface area (Å²) in [4.78, 5) is 6.26. The molecule has 0 saturated carbocycles. The molecule has 0 fully saturated rings. The monoisotopic (exact) mass is 643 g/mol. The van der Waals surface area contributed by atoms with Crippen LogP contribution in [0.5, 0.6) is 0 Å². The van der Waals surface area contributed by atoms with Crippen LogP contribution in [0.1, 0.15) is 24.3 Å². The second-order valence-corrected chi connectivity index (χ2v) is 13.9. The fraction of sp³-hybridized carbons (Fsp3) is 0.344. The number of ether oxygens (including phenoxy) is 2. The van der Waals surface area contributed by atoms with Crippen molar-refractivity contribution in [1.82, 2.24) is 0 Å². The number of fused-ring (bicyclic) bond motifs is 2. The van der Waals surface area contributed by atoms with Crippen molar-refractivity contribution < 1.29 is 14.0 Å². The highest BCUT2D eigenvalue weighted by atomic mass is 35.5. The van der Waals surface area contributed by atoms with Crippen LogP contribution in [0.25, 0.3) is 16.3 Å². The minimum atomic E-state index is 0.673. The molecule has 2 aliphatic rings. The lowest BCUT2D eigenvalue weighted by atomic mass is 9.94. The second kappa shape index (κ2) is 14.7. The van der Waals surface area contributed by atoms with Crippen LogP contribution < -0.4 is 9.47 Å². The Hall–Kier alpha value is -1.65. The Morgan fingerprint density at radius 1 is 0.976 bits per heavy atom. The fourth-order valence-corrected chi connectivity index (χ4v) is 9.13. The molecule has 1 aliphatic carbocycles. The van der Waals surface area contributed by atoms with Crippen molar-refractivity contribution >= 4 is 80.2 Å². The lowest BCUT2D eigenvalue weighted by Crippen LogP contribution is -2.37. The molecular formula is C32H36ClN2O2S4+. The van der Waals surface area contributed by atoms with E-state index >= 15 is 0 Å². The van der Waals surface area contributed by atoms with Gasteiger partial charge in [-0.3, -0.25) is 0 Å². The largest absolute Gasteiger partial charge is 0.383 e. The number of hydrogen-bond donors (Lipinski definition) is 0. The predicted octanol–water partition coefficient (Wildman–Crippen LogP) is 9.00. The molecule has 2 heterocycles. The minimum Gasteiger partial charge on any atom is -0.383 e. The van der Waals surface area contributed by atoms with Gasteiger partial charge in [-0.1, -0.05) is 59.0 Å². The molecule has 41 heavy (non-hydrogen) atoms. The van der Waals surface area contributed by atoms with Gasteiger partial charge in [0.15, 0.2) is 6.54 Å². The first-order valence-corrected chi connectivity index (χ1v) is 18.1. The lowest BCUT2D eigenvalue weighted by Gasteiger charge is -2.22. The van der Waals surface area contributed by atoms with Crippen LogP contribution in [0.2, 0.25) is 0 Å². The van der Waals surface area contributed by atoms with Gasteiger partial charge in [0, 0.05) is 41.7 Å². The van der Waals surface area contributed by atoms with E-state index in [1.165, 1.54) is 51.8 Å². The van der Waals surface area contributed by atoms with Crippen LogP contribution in [-0.4, -0.2) is 46.5 Å². The molecule has 9 heteroatoms. The summed E-state index contributed by atoms with van der Waals surface area (Å²) in [5, 5.41) is 3.31. The van der Waals surface area contributed by atoms with Gasteiger partial charge < -0.3 is 14.4 Å². The Balaban J connectivity index is 1.45. The third-order valence-corrected chi connectivity index (χ3v) is 11.5. The Bertz CT molecular complexity index is 1530. The molecule has 0 saturated heterocycles. The summed E-state index contributed by atoms with van der Waals surface area (Å²) >= 11 is 14.3. The van der Waals surface area contributed by atoms with Crippen molar-refractivity contribution in [2.75, 3.05) is 51.4 Å². The summed E-state index contributed by atoms with van der Waals surface area (Å²) in [6.45, 7) is 2.98. The van der Waals surface area contributed by atoms with Crippen LogP contribution in [-0.2, 0) is 16.0 Å². The molecule has 4 nitrogen and oxygen atoms in total. The van der Waals surface area contributed by atoms with Crippen molar-refractivity contribution in [3.05, 3.63) is 80.8 Å². The number of rotatable bonds is 11. The highest BCUT2D eigenvalue weighted by Crippen LogP contribution is 2.50. The van der Waals surface area contributed by atoms with E-state index in [4.69, 9.17) is 21.1 Å². The highest BCUT2D eigenvalue weighted by molar-refractivity contribution is 8.04. The summed E-state index contributed by atoms with van der Waals surface area (Å²) in [5.74, 6) is 0. The molecular weight excluding hydrogens is 608 g/mol. The quantitative estimate of drug-likeness (QED) is 0.153. The Labute approximate surface area is 265 Å². The van der Waals surface area contributed by atoms with Crippen molar-refractivity contribution in [3.8, 4) is 0 Å². The van der Waals surface area contributed by atoms with Gasteiger partial charge in [0.25, 0.3) is 5.01 Å². The highest BCUT2D eigenvalue weighted by Gasteiger charge is 2.27. The third-order valence-electron chi connectivity index (χ3n) is 7.21. The molecule has 3 aromatic rings. The molecule has 2 aromatic carbocycles. The van der Waals surface area contributed by atoms with Gasteiger partial charge in [0.05, 0.1) is 22.2 Å². The lowest BCUT2D eigenvalue weighted by molar-refractivity contribution is -0.671. The van der Waals surface area contributed by atoms with Crippen molar-refractivity contribution in [2.24, 2.45) is 0 Å². The zero-order chi connectivity index (χ0) is 28.8. The first-order valence-electron chi connectivity index (χ1n) is 13.7. The van der Waals surface area contributed by atoms with E-state index in [2.05, 4.69) is 82.7 Å². The number of nitrogens with zero attached hydrogens (tertiary/aromatic N) is 2. The maximum atomic E-state index is 7.07. The van der Waals surface area contributed by atoms with Crippen molar-refractivity contribution in [1.29, 1.82) is 0 Å². The summed E-state index contributed by atoms with van der Waals surface area (Å²) in [7, 11) is 3.52. The van der Waals surface area contributed by atoms with Gasteiger partial charge >= 0.3 is 0 Å². The Morgan fingerprint density at radius 2 is 1.76 bits per heavy atom. The third kappa shape index (κ3) is 6.80. The van der Waals surface area contributed by atoms with Crippen LogP contribution in [0, 0.1) is 0 Å². The number of aromatic nitrogens is 1. The number of para-hydroxylation sites is 2. The molecule has 1 aliphatic heterocycles. The van der Waals surface area contributed by atoms with E-state index in [0.717, 1.165) is 37.4 Å². The Morgan fingerprint density at radius 3 is 2.54 bits per heavy atom. The molecule has 0 atom stereocenters. The molecule has 5 rings (SSSR count). The van der Waals surface area contributed by atoms with Gasteiger partial charge in [0.1, 0.15) is 11.3 Å². The van der Waals surface area contributed by atoms with Gasteiger partial charge in [-0.2, -0.15) is 4.57 Å². The fourth-order valence-electron chi connectivity index (χ4n) is 5.20. The maximum Gasteiger partial charge on any atom is 0.262 e. The van der Waals surface area contributed by atoms with Crippen LogP contribution >= 0.6 is 58.2 Å². The van der Waals surface area contributed by atoms with E-state index < -0.39 is 0 Å². The average Bonchev–Trinajstić information content (AvgIpc) is 3.54. The van der Waals surface area contributed by atoms with E-state index in [1.54, 1.807) is 37.7 Å². The topological polar surface area (TPSA) is 25.6 Å². The predicted molar refractivity (Wildman–Crippen MR) is 181 cm³/mol. The summed E-state index contributed by atoms with van der Waals surface area (Å²) in [6.07, 6.45) is 16.3. The number of methoxy groups -OCH3 is 2. The van der Waals surface area contributed by atoms with Gasteiger partial charge in [-0.15, -0.1) is 23.5 Å². The van der Waals surface area contributed by atoms with Crippen molar-refractivity contribution in [2.45, 2.75) is 40.5 Å². The molecule has 0 bridgehead atoms. The molecule has 1 aromatic heterocycles. The number of anilines is 1. The van der Waals surface area contributed by atoms with E-state index in [1.807, 2.05) is 23.1 Å². The van der Waals surface area contributed by atoms with Gasteiger partial charge in [0.2, 0.25) is 5.52 Å². The van der Waals surface area contributed by atoms with Gasteiger partial charge in [-0.05, 0) is 73.3 Å². The molecule has 0 N–H and O–H groups in total. The number of halogens is 1. The first kappa shape index (κ1) is 30.8. The SMILES string of the molecule is COCCN1/C(=C/C=C2\CCCC(/C=C/c3sc4cccc(SC)c4[n+]3CCOC)=C2Cl)Sc2cccc(SC)c21. The first-order chi connectivity index (χ1) is 20.1. The zero-order valence-electron chi connectivity index (χ0n) is 23.9. The van der Waals surface area contributed by atoms with Crippen LogP contribution in [0.15, 0.2) is 90.5 Å². The number of benzene rings is 2. The minimum absolute atomic E-state index is 0.673. The normalized spacial score (nSPS) is 17.6. The molecule has 216 valence electrons. The van der Waals surface area contributed by atoms with Gasteiger partial charge in [-0.25, -0.2) is 0 Å². The number of thiazole rings is 1. The molecule has 0 spiro atoms. The average molecular weight is 644 g/mol. The molecule has 0 unspecified atom stereocenters. The summed E-state index contributed by atoms with van der Waals surface area (Å²) < 4.78 is 14.6.